The maximum Gasteiger partial charge on any atom is 0.321 e. The van der Waals surface area contributed by atoms with Gasteiger partial charge in [0.05, 0.1) is 51.4 Å². The lowest BCUT2D eigenvalue weighted by molar-refractivity contribution is -0.674. The average molecular weight is 799 g/mol. The van der Waals surface area contributed by atoms with E-state index in [4.69, 9.17) is 0 Å². The number of carbonyl (C=O) groups is 2. The molecule has 58 heavy (non-hydrogen) atoms. The van der Waals surface area contributed by atoms with Gasteiger partial charge >= 0.3 is 12.1 Å². The maximum atomic E-state index is 12.8. The zero-order valence-electron chi connectivity index (χ0n) is 36.5. The van der Waals surface area contributed by atoms with Crippen molar-refractivity contribution in [2.45, 2.75) is 92.9 Å². The lowest BCUT2D eigenvalue weighted by Crippen LogP contribution is -2.39. The van der Waals surface area contributed by atoms with Crippen molar-refractivity contribution < 1.29 is 28.9 Å². The monoisotopic (exact) mass is 799 g/mol. The van der Waals surface area contributed by atoms with E-state index < -0.39 is 0 Å². The molecule has 0 radical (unpaired) electrons. The third kappa shape index (κ3) is 13.8. The van der Waals surface area contributed by atoms with E-state index in [-0.39, 0.29) is 23.9 Å². The number of hydrogen-bond donors (Lipinski definition) is 2. The largest absolute Gasteiger partial charge is 0.853 e. The summed E-state index contributed by atoms with van der Waals surface area (Å²) >= 11 is 0. The van der Waals surface area contributed by atoms with Crippen molar-refractivity contribution in [2.75, 3.05) is 36.8 Å². The highest BCUT2D eigenvalue weighted by Gasteiger charge is 2.17. The number of rotatable bonds is 18. The maximum absolute atomic E-state index is 12.8. The van der Waals surface area contributed by atoms with E-state index in [0.29, 0.717) is 34.4 Å². The van der Waals surface area contributed by atoms with Crippen molar-refractivity contribution >= 4 is 46.6 Å². The molecule has 14 nitrogen and oxygen atoms in total. The summed E-state index contributed by atoms with van der Waals surface area (Å²) in [7, 11) is 7.25. The van der Waals surface area contributed by atoms with Crippen molar-refractivity contribution in [1.29, 1.82) is 0 Å². The molecule has 0 aliphatic rings. The summed E-state index contributed by atoms with van der Waals surface area (Å²) in [6, 6.07) is 10.7. The number of amides is 4. The molecule has 2 aromatic carbocycles. The van der Waals surface area contributed by atoms with Crippen molar-refractivity contribution in [3.8, 4) is 0 Å². The molecule has 14 heteroatoms. The quantitative estimate of drug-likeness (QED) is 0.0714. The second-order valence-corrected chi connectivity index (χ2v) is 14.8. The second-order valence-electron chi connectivity index (χ2n) is 14.8. The fraction of sp³-hybridized carbons (Fsp3) is 0.500. The van der Waals surface area contributed by atoms with Gasteiger partial charge in [-0.05, 0) is 74.9 Å². The van der Waals surface area contributed by atoms with Gasteiger partial charge in [-0.1, -0.05) is 65.5 Å². The number of anilines is 2. The number of hydrogen-bond acceptors (Lipinski definition) is 6. The van der Waals surface area contributed by atoms with Gasteiger partial charge in [-0.25, -0.2) is 27.9 Å². The van der Waals surface area contributed by atoms with Crippen LogP contribution in [0.2, 0.25) is 0 Å². The van der Waals surface area contributed by atoms with Gasteiger partial charge < -0.3 is 30.6 Å². The number of nitrogens with zero attached hydrogens (tertiary/aromatic N) is 8. The summed E-state index contributed by atoms with van der Waals surface area (Å²) < 4.78 is 6.96. The molecule has 0 saturated heterocycles. The van der Waals surface area contributed by atoms with Crippen LogP contribution in [0.15, 0.2) is 71.2 Å². The Kier molecular flexibility index (Phi) is 19.0. The lowest BCUT2D eigenvalue weighted by Gasteiger charge is -2.23. The Bertz CT molecular complexity index is 1940. The van der Waals surface area contributed by atoms with Crippen LogP contribution in [0.4, 0.5) is 32.3 Å². The van der Waals surface area contributed by atoms with Gasteiger partial charge in [-0.15, -0.1) is 0 Å². The Hall–Kier alpha value is -5.66. The van der Waals surface area contributed by atoms with E-state index in [9.17, 15) is 19.8 Å². The van der Waals surface area contributed by atoms with Crippen LogP contribution in [-0.2, 0) is 28.2 Å². The normalized spacial score (nSPS) is 11.6. The average Bonchev–Trinajstić information content (AvgIpc) is 3.72. The number of unbranched alkanes of at least 4 members (excludes halogenated alkanes) is 4. The van der Waals surface area contributed by atoms with Gasteiger partial charge in [-0.2, -0.15) is 0 Å². The van der Waals surface area contributed by atoms with Crippen LogP contribution >= 0.6 is 0 Å². The molecule has 4 amide bonds. The van der Waals surface area contributed by atoms with Gasteiger partial charge in [0, 0.05) is 37.6 Å². The molecule has 2 N–H and O–H groups in total. The number of aryl methyl sites for hydroxylation is 6. The zero-order valence-corrected chi connectivity index (χ0v) is 36.5. The number of urea groups is 2. The Morgan fingerprint density at radius 3 is 1.55 bits per heavy atom. The van der Waals surface area contributed by atoms with Gasteiger partial charge in [0.2, 0.25) is 0 Å². The van der Waals surface area contributed by atoms with Gasteiger partial charge in [0.1, 0.15) is 24.8 Å². The van der Waals surface area contributed by atoms with Gasteiger partial charge in [0.25, 0.3) is 11.6 Å². The summed E-state index contributed by atoms with van der Waals surface area (Å²) in [5.41, 5.74) is 4.20. The van der Waals surface area contributed by atoms with Crippen LogP contribution < -0.4 is 30.0 Å². The highest BCUT2D eigenvalue weighted by Crippen LogP contribution is 2.25. The molecule has 0 fully saturated rings. The first-order chi connectivity index (χ1) is 27.7. The Labute approximate surface area is 345 Å². The van der Waals surface area contributed by atoms with Crippen molar-refractivity contribution in [3.05, 3.63) is 84.0 Å². The van der Waals surface area contributed by atoms with Crippen LogP contribution in [0.1, 0.15) is 102 Å². The standard InChI is InChI=1S/2C22H33N5O2/c1-6-8-12-27(13-9-7-2)22(29)23-18-11-10-17(3)19(16-18)24-20(28)21-25(4)14-15-26(21)5;1-6-8-12-27(13-9-7-2)22(29)24-19-16-18(11-10-17(19)3)23-20(28)21-25(4)14-15-26(21)5/h2*10-11,14-16H,6-9,12-13H2,1-5H3,(H-,23,24,28,29). The summed E-state index contributed by atoms with van der Waals surface area (Å²) in [5, 5.41) is 31.2. The van der Waals surface area contributed by atoms with Crippen LogP contribution in [0.5, 0.6) is 0 Å². The molecule has 0 aliphatic heterocycles. The predicted molar refractivity (Wildman–Crippen MR) is 229 cm³/mol. The number of nitrogens with one attached hydrogen (secondary N) is 2. The Balaban J connectivity index is 0.000000310. The minimum Gasteiger partial charge on any atom is -0.853 e. The highest BCUT2D eigenvalue weighted by molar-refractivity contribution is 5.93. The molecule has 4 aromatic rings. The Morgan fingerprint density at radius 2 is 1.10 bits per heavy atom. The minimum atomic E-state index is -0.325. The third-order valence-corrected chi connectivity index (χ3v) is 9.82. The number of carbonyl (C=O) groups excluding carboxylic acids is 2. The molecule has 0 atom stereocenters. The van der Waals surface area contributed by atoms with Crippen LogP contribution in [-0.4, -0.2) is 69.0 Å². The van der Waals surface area contributed by atoms with E-state index in [0.717, 1.165) is 88.7 Å². The molecule has 2 heterocycles. The van der Waals surface area contributed by atoms with E-state index in [2.05, 4.69) is 48.3 Å². The minimum absolute atomic E-state index is 0.104. The van der Waals surface area contributed by atoms with Gasteiger partial charge in [0.15, 0.2) is 0 Å². The molecule has 0 saturated carbocycles. The van der Waals surface area contributed by atoms with E-state index >= 15 is 0 Å². The lowest BCUT2D eigenvalue weighted by atomic mass is 10.2. The predicted octanol–water partition coefficient (Wildman–Crippen LogP) is 6.06. The molecule has 2 aromatic heterocycles. The number of imidazole rings is 2. The first-order valence-electron chi connectivity index (χ1n) is 20.6. The summed E-state index contributed by atoms with van der Waals surface area (Å²) in [6.07, 6.45) is 15.3. The number of aromatic nitrogens is 4. The highest BCUT2D eigenvalue weighted by atomic mass is 16.3. The smallest absolute Gasteiger partial charge is 0.321 e. The summed E-state index contributed by atoms with van der Waals surface area (Å²) in [6.45, 7) is 15.3. The van der Waals surface area contributed by atoms with E-state index in [1.54, 1.807) is 36.5 Å². The fourth-order valence-electron chi connectivity index (χ4n) is 6.15. The summed E-state index contributed by atoms with van der Waals surface area (Å²) in [4.78, 5) is 37.8. The second kappa shape index (κ2) is 23.5. The molecular weight excluding hydrogens is 733 g/mol. The molecule has 0 unspecified atom stereocenters. The number of aliphatic imine (C=N–C) groups is 2. The SMILES string of the molecule is CCCCN(CCCC)C(=O)Nc1cc(N=C([O-])c2n(C)cc[n+]2C)ccc1C.CCCCN(CCCC)C(=O)Nc1ccc(C)c(N=C([O-])c2n(C)cc[n+]2C)c1. The molecule has 4 rings (SSSR count). The summed E-state index contributed by atoms with van der Waals surface area (Å²) in [5.74, 6) is 0.332. The molecular formula is C44H66N10O4. The van der Waals surface area contributed by atoms with Crippen LogP contribution in [0, 0.1) is 13.8 Å². The Morgan fingerprint density at radius 1 is 0.655 bits per heavy atom. The third-order valence-electron chi connectivity index (χ3n) is 9.82. The molecule has 0 bridgehead atoms. The van der Waals surface area contributed by atoms with E-state index in [1.807, 2.05) is 94.8 Å². The van der Waals surface area contributed by atoms with Crippen molar-refractivity contribution in [2.24, 2.45) is 38.2 Å². The first-order valence-corrected chi connectivity index (χ1v) is 20.6. The molecule has 316 valence electrons. The topological polar surface area (TPSA) is 153 Å². The molecule has 0 aliphatic carbocycles. The fourth-order valence-corrected chi connectivity index (χ4v) is 6.15. The zero-order chi connectivity index (χ0) is 42.8. The van der Waals surface area contributed by atoms with Crippen molar-refractivity contribution in [1.82, 2.24) is 18.9 Å². The van der Waals surface area contributed by atoms with Crippen LogP contribution in [0.25, 0.3) is 0 Å². The first kappa shape index (κ1) is 46.7. The molecule has 0 spiro atoms. The number of benzene rings is 2. The van der Waals surface area contributed by atoms with Crippen molar-refractivity contribution in [3.63, 3.8) is 0 Å². The van der Waals surface area contributed by atoms with Gasteiger partial charge in [-0.3, -0.25) is 9.98 Å². The van der Waals surface area contributed by atoms with E-state index in [1.165, 1.54) is 0 Å². The van der Waals surface area contributed by atoms with Crippen LogP contribution in [0.3, 0.4) is 0 Å².